The van der Waals surface area contributed by atoms with Crippen molar-refractivity contribution < 1.29 is 9.53 Å². The Balaban J connectivity index is 1.74. The molecule has 0 bridgehead atoms. The van der Waals surface area contributed by atoms with Crippen LogP contribution in [0.1, 0.15) is 15.9 Å². The first-order valence-electron chi connectivity index (χ1n) is 7.18. The highest BCUT2D eigenvalue weighted by molar-refractivity contribution is 5.93. The molecule has 0 spiro atoms. The number of aryl methyl sites for hydroxylation is 1. The van der Waals surface area contributed by atoms with Crippen molar-refractivity contribution in [3.8, 4) is 12.3 Å². The zero-order valence-corrected chi connectivity index (χ0v) is 12.6. The summed E-state index contributed by atoms with van der Waals surface area (Å²) in [6.45, 7) is 0. The molecular weight excluding hydrogens is 290 g/mol. The van der Waals surface area contributed by atoms with Gasteiger partial charge in [-0.05, 0) is 23.8 Å². The third-order valence-corrected chi connectivity index (χ3v) is 3.55. The number of hydrogen-bond donors (Lipinski definition) is 0. The topological polar surface area (TPSA) is 57.0 Å². The Kier molecular flexibility index (Phi) is 4.07. The highest BCUT2D eigenvalue weighted by atomic mass is 16.5. The molecule has 5 nitrogen and oxygen atoms in total. The van der Waals surface area contributed by atoms with Crippen molar-refractivity contribution in [3.63, 3.8) is 0 Å². The minimum atomic E-state index is -0.609. The Hall–Kier alpha value is -3.13. The van der Waals surface area contributed by atoms with E-state index in [-0.39, 0.29) is 0 Å². The molecule has 0 radical (unpaired) electrons. The summed E-state index contributed by atoms with van der Waals surface area (Å²) in [5, 5.41) is 7.90. The fourth-order valence-electron chi connectivity index (χ4n) is 2.33. The number of nitrogens with zero attached hydrogens (tertiary/aromatic N) is 3. The Bertz CT molecular complexity index is 878. The number of esters is 1. The number of aromatic nitrogens is 3. The molecule has 1 heterocycles. The van der Waals surface area contributed by atoms with Crippen LogP contribution >= 0.6 is 0 Å². The summed E-state index contributed by atoms with van der Waals surface area (Å²) in [5.74, 6) is 2.06. The molecule has 0 aliphatic carbocycles. The molecule has 3 aromatic rings. The molecule has 0 aliphatic rings. The van der Waals surface area contributed by atoms with Gasteiger partial charge in [-0.3, -0.25) is 0 Å². The first kappa shape index (κ1) is 14.8. The second-order valence-corrected chi connectivity index (χ2v) is 5.17. The maximum absolute atomic E-state index is 12.3. The summed E-state index contributed by atoms with van der Waals surface area (Å²) in [6, 6.07) is 14.8. The number of fused-ring (bicyclic) bond motifs is 1. The molecule has 114 valence electrons. The zero-order chi connectivity index (χ0) is 16.2. The monoisotopic (exact) mass is 305 g/mol. The normalized spacial score (nSPS) is 11.8. The Morgan fingerprint density at radius 2 is 2.09 bits per heavy atom. The van der Waals surface area contributed by atoms with Gasteiger partial charge in [0.05, 0.1) is 11.1 Å². The number of carbonyl (C=O) groups is 1. The predicted molar refractivity (Wildman–Crippen MR) is 86.7 cm³/mol. The Morgan fingerprint density at radius 1 is 1.30 bits per heavy atom. The van der Waals surface area contributed by atoms with E-state index in [1.54, 1.807) is 29.9 Å². The van der Waals surface area contributed by atoms with Gasteiger partial charge in [-0.25, -0.2) is 9.48 Å². The van der Waals surface area contributed by atoms with Crippen molar-refractivity contribution in [1.29, 1.82) is 0 Å². The largest absolute Gasteiger partial charge is 0.445 e. The number of hydrogen-bond acceptors (Lipinski definition) is 4. The third-order valence-electron chi connectivity index (χ3n) is 3.55. The quantitative estimate of drug-likeness (QED) is 0.548. The minimum absolute atomic E-state index is 0.409. The van der Waals surface area contributed by atoms with Crippen molar-refractivity contribution >= 4 is 17.0 Å². The number of rotatable bonds is 4. The van der Waals surface area contributed by atoms with Crippen molar-refractivity contribution in [2.75, 3.05) is 0 Å². The van der Waals surface area contributed by atoms with E-state index in [2.05, 4.69) is 16.2 Å². The van der Waals surface area contributed by atoms with E-state index in [0.717, 1.165) is 11.1 Å². The van der Waals surface area contributed by atoms with Gasteiger partial charge in [-0.2, -0.15) is 0 Å². The van der Waals surface area contributed by atoms with Crippen molar-refractivity contribution in [3.05, 3.63) is 59.7 Å². The van der Waals surface area contributed by atoms with Crippen LogP contribution in [0.2, 0.25) is 0 Å². The van der Waals surface area contributed by atoms with Gasteiger partial charge in [0.2, 0.25) is 0 Å². The van der Waals surface area contributed by atoms with Gasteiger partial charge in [-0.15, -0.1) is 11.5 Å². The van der Waals surface area contributed by atoms with E-state index >= 15 is 0 Å². The van der Waals surface area contributed by atoms with Crippen LogP contribution in [0, 0.1) is 12.3 Å². The van der Waals surface area contributed by atoms with Crippen LogP contribution in [-0.2, 0) is 18.2 Å². The summed E-state index contributed by atoms with van der Waals surface area (Å²) >= 11 is 0. The van der Waals surface area contributed by atoms with Gasteiger partial charge < -0.3 is 4.74 Å². The van der Waals surface area contributed by atoms with E-state index in [0.29, 0.717) is 17.5 Å². The number of ether oxygens (including phenoxy) is 1. The van der Waals surface area contributed by atoms with Gasteiger partial charge in [-0.1, -0.05) is 41.5 Å². The molecule has 5 heteroatoms. The maximum Gasteiger partial charge on any atom is 0.339 e. The number of benzene rings is 2. The van der Waals surface area contributed by atoms with Crippen molar-refractivity contribution in [1.82, 2.24) is 15.0 Å². The van der Waals surface area contributed by atoms with Gasteiger partial charge in [0.15, 0.2) is 6.10 Å². The van der Waals surface area contributed by atoms with E-state index < -0.39 is 12.1 Å². The second kappa shape index (κ2) is 6.32. The average molecular weight is 305 g/mol. The molecular formula is C18H15N3O2. The van der Waals surface area contributed by atoms with Crippen LogP contribution in [0.3, 0.4) is 0 Å². The number of carbonyl (C=O) groups excluding carboxylic acids is 1. The van der Waals surface area contributed by atoms with E-state index in [1.807, 2.05) is 30.3 Å². The van der Waals surface area contributed by atoms with E-state index in [4.69, 9.17) is 11.2 Å². The smallest absolute Gasteiger partial charge is 0.339 e. The fraction of sp³-hybridized carbons (Fsp3) is 0.167. The summed E-state index contributed by atoms with van der Waals surface area (Å²) < 4.78 is 7.06. The van der Waals surface area contributed by atoms with Crippen LogP contribution in [0.4, 0.5) is 0 Å². The maximum atomic E-state index is 12.3. The predicted octanol–water partition coefficient (Wildman–Crippen LogP) is 2.37. The van der Waals surface area contributed by atoms with Crippen LogP contribution in [0.15, 0.2) is 48.5 Å². The highest BCUT2D eigenvalue weighted by Gasteiger charge is 2.16. The lowest BCUT2D eigenvalue weighted by atomic mass is 10.1. The standard InChI is InChI=1S/C18H15N3O2/c1-3-15(11-13-7-5-4-6-8-13)23-18(22)14-9-10-17-16(12-14)19-20-21(17)2/h1,4-10,12,15H,11H2,2H3. The van der Waals surface area contributed by atoms with Crippen molar-refractivity contribution in [2.45, 2.75) is 12.5 Å². The lowest BCUT2D eigenvalue weighted by molar-refractivity contribution is 0.0412. The zero-order valence-electron chi connectivity index (χ0n) is 12.6. The first-order valence-corrected chi connectivity index (χ1v) is 7.18. The average Bonchev–Trinajstić information content (AvgIpc) is 2.95. The second-order valence-electron chi connectivity index (χ2n) is 5.17. The Morgan fingerprint density at radius 3 is 2.83 bits per heavy atom. The highest BCUT2D eigenvalue weighted by Crippen LogP contribution is 2.15. The van der Waals surface area contributed by atoms with Gasteiger partial charge in [0, 0.05) is 13.5 Å². The van der Waals surface area contributed by atoms with Gasteiger partial charge in [0.1, 0.15) is 5.52 Å². The molecule has 0 fully saturated rings. The summed E-state index contributed by atoms with van der Waals surface area (Å²) in [5.41, 5.74) is 2.92. The summed E-state index contributed by atoms with van der Waals surface area (Å²) in [4.78, 5) is 12.3. The molecule has 1 aromatic heterocycles. The lowest BCUT2D eigenvalue weighted by Gasteiger charge is -2.12. The molecule has 1 unspecified atom stereocenters. The van der Waals surface area contributed by atoms with Gasteiger partial charge in [0.25, 0.3) is 0 Å². The molecule has 3 rings (SSSR count). The van der Waals surface area contributed by atoms with Crippen LogP contribution in [0.25, 0.3) is 11.0 Å². The van der Waals surface area contributed by atoms with Gasteiger partial charge >= 0.3 is 5.97 Å². The Labute approximate surface area is 133 Å². The third kappa shape index (κ3) is 3.22. The van der Waals surface area contributed by atoms with Crippen LogP contribution in [0.5, 0.6) is 0 Å². The van der Waals surface area contributed by atoms with E-state index in [1.165, 1.54) is 0 Å². The molecule has 0 amide bonds. The number of terminal acetylenes is 1. The molecule has 0 aliphatic heterocycles. The molecule has 0 saturated heterocycles. The minimum Gasteiger partial charge on any atom is -0.445 e. The lowest BCUT2D eigenvalue weighted by Crippen LogP contribution is -2.19. The first-order chi connectivity index (χ1) is 11.2. The van der Waals surface area contributed by atoms with Crippen LogP contribution in [-0.4, -0.2) is 27.1 Å². The fourth-order valence-corrected chi connectivity index (χ4v) is 2.33. The van der Waals surface area contributed by atoms with E-state index in [9.17, 15) is 4.79 Å². The molecule has 0 saturated carbocycles. The molecule has 2 aromatic carbocycles. The SMILES string of the molecule is C#CC(Cc1ccccc1)OC(=O)c1ccc2c(c1)nnn2C. The summed E-state index contributed by atoms with van der Waals surface area (Å²) in [6.07, 6.45) is 5.36. The molecule has 23 heavy (non-hydrogen) atoms. The van der Waals surface area contributed by atoms with Crippen molar-refractivity contribution in [2.24, 2.45) is 7.05 Å². The molecule has 0 N–H and O–H groups in total. The van der Waals surface area contributed by atoms with Crippen LogP contribution < -0.4 is 0 Å². The summed E-state index contributed by atoms with van der Waals surface area (Å²) in [7, 11) is 1.79. The molecule has 1 atom stereocenters.